The highest BCUT2D eigenvalue weighted by molar-refractivity contribution is 6.32. The van der Waals surface area contributed by atoms with Gasteiger partial charge in [0.15, 0.2) is 0 Å². The number of ether oxygens (including phenoxy) is 2. The summed E-state index contributed by atoms with van der Waals surface area (Å²) in [7, 11) is 3.08. The van der Waals surface area contributed by atoms with Crippen molar-refractivity contribution in [3.05, 3.63) is 17.2 Å². The normalized spacial score (nSPS) is 11.7. The van der Waals surface area contributed by atoms with E-state index in [9.17, 15) is 4.79 Å². The monoisotopic (exact) mass is 300 g/mol. The van der Waals surface area contributed by atoms with Gasteiger partial charge in [0.25, 0.3) is 0 Å². The van der Waals surface area contributed by atoms with Crippen molar-refractivity contribution in [2.45, 2.75) is 26.3 Å². The van der Waals surface area contributed by atoms with Crippen LogP contribution in [0, 0.1) is 0 Å². The maximum Gasteiger partial charge on any atom is 0.242 e. The minimum Gasteiger partial charge on any atom is -0.495 e. The number of benzene rings is 1. The van der Waals surface area contributed by atoms with Crippen LogP contribution < -0.4 is 20.1 Å². The van der Waals surface area contributed by atoms with Crippen molar-refractivity contribution in [1.29, 1.82) is 0 Å². The minimum atomic E-state index is -0.388. The average molecular weight is 301 g/mol. The highest BCUT2D eigenvalue weighted by atomic mass is 35.5. The summed E-state index contributed by atoms with van der Waals surface area (Å²) in [5, 5.41) is 6.38. The lowest BCUT2D eigenvalue weighted by molar-refractivity contribution is -0.121. The summed E-state index contributed by atoms with van der Waals surface area (Å²) >= 11 is 6.04. The second kappa shape index (κ2) is 7.85. The first-order chi connectivity index (χ1) is 9.53. The maximum absolute atomic E-state index is 11.9. The second-order valence-electron chi connectivity index (χ2n) is 4.34. The van der Waals surface area contributed by atoms with Crippen LogP contribution in [0.15, 0.2) is 12.1 Å². The first-order valence-corrected chi connectivity index (χ1v) is 6.87. The Hall–Kier alpha value is -1.62. The van der Waals surface area contributed by atoms with Crippen LogP contribution in [0.3, 0.4) is 0 Å². The van der Waals surface area contributed by atoms with Gasteiger partial charge in [-0.25, -0.2) is 0 Å². The number of carbonyl (C=O) groups excluding carboxylic acids is 1. The van der Waals surface area contributed by atoms with Gasteiger partial charge >= 0.3 is 0 Å². The molecule has 0 bridgehead atoms. The topological polar surface area (TPSA) is 59.6 Å². The number of amides is 1. The minimum absolute atomic E-state index is 0.0668. The Morgan fingerprint density at radius 2 is 1.95 bits per heavy atom. The molecule has 0 fully saturated rings. The largest absolute Gasteiger partial charge is 0.495 e. The molecule has 0 aliphatic carbocycles. The van der Waals surface area contributed by atoms with Gasteiger partial charge in [0, 0.05) is 18.7 Å². The Morgan fingerprint density at radius 1 is 1.30 bits per heavy atom. The fraction of sp³-hybridized carbons (Fsp3) is 0.500. The van der Waals surface area contributed by atoms with Gasteiger partial charge in [-0.3, -0.25) is 4.79 Å². The fourth-order valence-electron chi connectivity index (χ4n) is 1.67. The van der Waals surface area contributed by atoms with Gasteiger partial charge in [-0.1, -0.05) is 18.5 Å². The van der Waals surface area contributed by atoms with E-state index in [2.05, 4.69) is 10.6 Å². The van der Waals surface area contributed by atoms with Crippen LogP contribution in [0.5, 0.6) is 11.5 Å². The van der Waals surface area contributed by atoms with Gasteiger partial charge in [0.05, 0.1) is 24.9 Å². The quantitative estimate of drug-likeness (QED) is 0.813. The summed E-state index contributed by atoms with van der Waals surface area (Å²) in [6.45, 7) is 4.45. The molecular formula is C14H21ClN2O3. The summed E-state index contributed by atoms with van der Waals surface area (Å²) in [5.41, 5.74) is 0.660. The van der Waals surface area contributed by atoms with E-state index in [-0.39, 0.29) is 11.9 Å². The maximum atomic E-state index is 11.9. The summed E-state index contributed by atoms with van der Waals surface area (Å²) in [4.78, 5) is 11.9. The Bertz CT molecular complexity index is 466. The number of anilines is 1. The van der Waals surface area contributed by atoms with Crippen molar-refractivity contribution < 1.29 is 14.3 Å². The number of nitrogens with one attached hydrogen (secondary N) is 2. The molecule has 5 nitrogen and oxygen atoms in total. The van der Waals surface area contributed by atoms with Gasteiger partial charge in [-0.15, -0.1) is 0 Å². The van der Waals surface area contributed by atoms with E-state index in [1.165, 1.54) is 7.11 Å². The molecule has 1 aromatic carbocycles. The smallest absolute Gasteiger partial charge is 0.242 e. The molecule has 0 aliphatic rings. The van der Waals surface area contributed by atoms with Crippen molar-refractivity contribution in [2.75, 3.05) is 26.1 Å². The van der Waals surface area contributed by atoms with Crippen molar-refractivity contribution in [2.24, 2.45) is 0 Å². The third kappa shape index (κ3) is 4.20. The summed E-state index contributed by atoms with van der Waals surface area (Å²) in [6, 6.07) is 2.98. The number of hydrogen-bond donors (Lipinski definition) is 2. The van der Waals surface area contributed by atoms with Crippen LogP contribution in [0.25, 0.3) is 0 Å². The molecule has 6 heteroatoms. The molecule has 112 valence electrons. The molecule has 20 heavy (non-hydrogen) atoms. The molecule has 1 aromatic rings. The van der Waals surface area contributed by atoms with Crippen molar-refractivity contribution in [1.82, 2.24) is 5.32 Å². The molecule has 0 saturated heterocycles. The van der Waals surface area contributed by atoms with Gasteiger partial charge in [0.1, 0.15) is 17.5 Å². The SMILES string of the molecule is CCCNC(=O)C(C)Nc1cc(OC)c(Cl)cc1OC. The highest BCUT2D eigenvalue weighted by Gasteiger charge is 2.16. The van der Waals surface area contributed by atoms with Gasteiger partial charge in [-0.2, -0.15) is 0 Å². The fourth-order valence-corrected chi connectivity index (χ4v) is 1.90. The zero-order valence-corrected chi connectivity index (χ0v) is 13.0. The van der Waals surface area contributed by atoms with Crippen LogP contribution in [0.4, 0.5) is 5.69 Å². The molecule has 1 unspecified atom stereocenters. The Kier molecular flexibility index (Phi) is 6.45. The molecular weight excluding hydrogens is 280 g/mol. The van der Waals surface area contributed by atoms with Crippen LogP contribution in [0.1, 0.15) is 20.3 Å². The molecule has 2 N–H and O–H groups in total. The van der Waals surface area contributed by atoms with Crippen LogP contribution >= 0.6 is 11.6 Å². The Morgan fingerprint density at radius 3 is 2.50 bits per heavy atom. The number of hydrogen-bond acceptors (Lipinski definition) is 4. The molecule has 0 heterocycles. The number of rotatable bonds is 7. The predicted octanol–water partition coefficient (Wildman–Crippen LogP) is 2.68. The van der Waals surface area contributed by atoms with E-state index >= 15 is 0 Å². The van der Waals surface area contributed by atoms with E-state index in [1.54, 1.807) is 26.2 Å². The molecule has 1 rings (SSSR count). The first-order valence-electron chi connectivity index (χ1n) is 6.49. The lowest BCUT2D eigenvalue weighted by Gasteiger charge is -2.18. The second-order valence-corrected chi connectivity index (χ2v) is 4.75. The third-order valence-electron chi connectivity index (χ3n) is 2.79. The lowest BCUT2D eigenvalue weighted by Crippen LogP contribution is -2.37. The zero-order valence-electron chi connectivity index (χ0n) is 12.2. The summed E-state index contributed by atoms with van der Waals surface area (Å²) in [6.07, 6.45) is 0.899. The Balaban J connectivity index is 2.87. The zero-order chi connectivity index (χ0) is 15.1. The molecule has 0 radical (unpaired) electrons. The standard InChI is InChI=1S/C14H21ClN2O3/c1-5-6-16-14(18)9(2)17-11-8-12(19-3)10(15)7-13(11)20-4/h7-9,17H,5-6H2,1-4H3,(H,16,18). The van der Waals surface area contributed by atoms with Crippen LogP contribution in [-0.2, 0) is 4.79 Å². The van der Waals surface area contributed by atoms with E-state index < -0.39 is 0 Å². The van der Waals surface area contributed by atoms with E-state index in [4.69, 9.17) is 21.1 Å². The molecule has 0 saturated carbocycles. The molecule has 0 aromatic heterocycles. The van der Waals surface area contributed by atoms with E-state index in [0.29, 0.717) is 28.8 Å². The van der Waals surface area contributed by atoms with E-state index in [1.807, 2.05) is 6.92 Å². The highest BCUT2D eigenvalue weighted by Crippen LogP contribution is 2.36. The summed E-state index contributed by atoms with van der Waals surface area (Å²) < 4.78 is 10.4. The number of halogens is 1. The van der Waals surface area contributed by atoms with Gasteiger partial charge in [-0.05, 0) is 13.3 Å². The summed E-state index contributed by atoms with van der Waals surface area (Å²) in [5.74, 6) is 1.02. The molecule has 1 amide bonds. The first kappa shape index (κ1) is 16.4. The van der Waals surface area contributed by atoms with Gasteiger partial charge in [0.2, 0.25) is 5.91 Å². The Labute approximate surface area is 124 Å². The molecule has 0 aliphatic heterocycles. The van der Waals surface area contributed by atoms with Crippen molar-refractivity contribution >= 4 is 23.2 Å². The third-order valence-corrected chi connectivity index (χ3v) is 3.08. The van der Waals surface area contributed by atoms with Crippen LogP contribution in [0.2, 0.25) is 5.02 Å². The van der Waals surface area contributed by atoms with Gasteiger partial charge < -0.3 is 20.1 Å². The lowest BCUT2D eigenvalue weighted by atomic mass is 10.2. The van der Waals surface area contributed by atoms with Crippen LogP contribution in [-0.4, -0.2) is 32.7 Å². The predicted molar refractivity (Wildman–Crippen MR) is 80.9 cm³/mol. The van der Waals surface area contributed by atoms with Crippen molar-refractivity contribution in [3.63, 3.8) is 0 Å². The number of methoxy groups -OCH3 is 2. The van der Waals surface area contributed by atoms with E-state index in [0.717, 1.165) is 6.42 Å². The number of carbonyl (C=O) groups is 1. The molecule has 0 spiro atoms. The molecule has 1 atom stereocenters. The average Bonchev–Trinajstić information content (AvgIpc) is 2.45. The van der Waals surface area contributed by atoms with Crippen molar-refractivity contribution in [3.8, 4) is 11.5 Å².